The molecule has 136 valence electrons. The van der Waals surface area contributed by atoms with Gasteiger partial charge in [0.1, 0.15) is 17.4 Å². The van der Waals surface area contributed by atoms with Gasteiger partial charge in [-0.15, -0.1) is 0 Å². The normalized spacial score (nSPS) is 15.8. The largest absolute Gasteiger partial charge is 0.450 e. The van der Waals surface area contributed by atoms with Crippen LogP contribution in [0.1, 0.15) is 33.4 Å². The smallest absolute Gasteiger partial charge is 0.296 e. The maximum atomic E-state index is 13.4. The number of carbonyl (C=O) groups excluding carboxylic acids is 1. The fourth-order valence-electron chi connectivity index (χ4n) is 3.64. The first kappa shape index (κ1) is 16.4. The molecule has 1 aromatic carbocycles. The van der Waals surface area contributed by atoms with Gasteiger partial charge in [-0.3, -0.25) is 19.5 Å². The molecule has 1 amide bonds. The van der Waals surface area contributed by atoms with E-state index in [0.717, 1.165) is 5.56 Å². The van der Waals surface area contributed by atoms with Gasteiger partial charge in [-0.25, -0.2) is 4.98 Å². The third-order valence-electron chi connectivity index (χ3n) is 4.89. The predicted molar refractivity (Wildman–Crippen MR) is 104 cm³/mol. The van der Waals surface area contributed by atoms with Gasteiger partial charge in [0.25, 0.3) is 5.91 Å². The van der Waals surface area contributed by atoms with Crippen molar-refractivity contribution in [2.45, 2.75) is 13.0 Å². The van der Waals surface area contributed by atoms with Gasteiger partial charge in [-0.2, -0.15) is 0 Å². The minimum atomic E-state index is -0.695. The van der Waals surface area contributed by atoms with E-state index in [2.05, 4.69) is 9.97 Å². The zero-order valence-corrected chi connectivity index (χ0v) is 15.0. The van der Waals surface area contributed by atoms with E-state index in [1.165, 1.54) is 4.90 Å². The number of nitrogens with zero attached hydrogens (tertiary/aromatic N) is 3. The first-order chi connectivity index (χ1) is 13.6. The van der Waals surface area contributed by atoms with Crippen molar-refractivity contribution in [1.29, 1.82) is 0 Å². The van der Waals surface area contributed by atoms with Crippen molar-refractivity contribution in [3.8, 4) is 0 Å². The summed E-state index contributed by atoms with van der Waals surface area (Å²) in [6.07, 6.45) is 3.25. The molecule has 0 bridgehead atoms. The van der Waals surface area contributed by atoms with Crippen LogP contribution < -0.4 is 10.3 Å². The van der Waals surface area contributed by atoms with E-state index in [0.29, 0.717) is 28.0 Å². The van der Waals surface area contributed by atoms with Crippen molar-refractivity contribution in [1.82, 2.24) is 9.97 Å². The highest BCUT2D eigenvalue weighted by Gasteiger charge is 2.44. The quantitative estimate of drug-likeness (QED) is 0.539. The molecule has 0 N–H and O–H groups in total. The van der Waals surface area contributed by atoms with Gasteiger partial charge in [0.05, 0.1) is 16.6 Å². The third-order valence-corrected chi connectivity index (χ3v) is 4.89. The number of benzene rings is 1. The summed E-state index contributed by atoms with van der Waals surface area (Å²) in [6.45, 7) is 1.91. The zero-order chi connectivity index (χ0) is 19.3. The molecule has 0 saturated carbocycles. The lowest BCUT2D eigenvalue weighted by Gasteiger charge is -2.23. The van der Waals surface area contributed by atoms with Gasteiger partial charge >= 0.3 is 0 Å². The minimum Gasteiger partial charge on any atom is -0.450 e. The number of hydrogen-bond acceptors (Lipinski definition) is 5. The Labute approximate surface area is 160 Å². The van der Waals surface area contributed by atoms with E-state index in [-0.39, 0.29) is 11.2 Å². The number of pyridine rings is 2. The van der Waals surface area contributed by atoms with Crippen molar-refractivity contribution in [2.24, 2.45) is 0 Å². The molecule has 6 nitrogen and oxygen atoms in total. The van der Waals surface area contributed by atoms with Crippen LogP contribution in [0.2, 0.25) is 0 Å². The van der Waals surface area contributed by atoms with E-state index >= 15 is 0 Å². The molecule has 4 aromatic rings. The number of fused-ring (bicyclic) bond motifs is 2. The van der Waals surface area contributed by atoms with Crippen LogP contribution in [0.5, 0.6) is 0 Å². The maximum Gasteiger partial charge on any atom is 0.296 e. The summed E-state index contributed by atoms with van der Waals surface area (Å²) >= 11 is 0. The second-order valence-electron chi connectivity index (χ2n) is 6.69. The summed E-state index contributed by atoms with van der Waals surface area (Å²) in [5.41, 5.74) is 2.00. The van der Waals surface area contributed by atoms with Gasteiger partial charge < -0.3 is 4.42 Å². The average molecular weight is 369 g/mol. The van der Waals surface area contributed by atoms with Crippen LogP contribution in [0.3, 0.4) is 0 Å². The maximum absolute atomic E-state index is 13.4. The zero-order valence-electron chi connectivity index (χ0n) is 15.0. The molecule has 0 radical (unpaired) electrons. The number of carbonyl (C=O) groups is 1. The highest BCUT2D eigenvalue weighted by atomic mass is 16.3. The van der Waals surface area contributed by atoms with E-state index in [9.17, 15) is 9.59 Å². The number of rotatable bonds is 2. The summed E-state index contributed by atoms with van der Waals surface area (Å²) in [7, 11) is 0. The summed E-state index contributed by atoms with van der Waals surface area (Å²) in [4.78, 5) is 36.9. The molecule has 6 heteroatoms. The van der Waals surface area contributed by atoms with Crippen molar-refractivity contribution in [3.05, 3.63) is 99.8 Å². The SMILES string of the molecule is Cc1ccc2oc3c(c(=O)c2c1)[C@H](c1ccccn1)N(c1ccccn1)C3=O. The average Bonchev–Trinajstić information content (AvgIpc) is 3.03. The Kier molecular flexibility index (Phi) is 3.58. The second kappa shape index (κ2) is 6.13. The number of amides is 1. The van der Waals surface area contributed by atoms with E-state index in [1.807, 2.05) is 19.1 Å². The molecule has 0 saturated heterocycles. The fraction of sp³-hybridized carbons (Fsp3) is 0.0909. The first-order valence-corrected chi connectivity index (χ1v) is 8.88. The van der Waals surface area contributed by atoms with Crippen molar-refractivity contribution in [2.75, 3.05) is 4.90 Å². The van der Waals surface area contributed by atoms with Crippen molar-refractivity contribution < 1.29 is 9.21 Å². The molecule has 0 fully saturated rings. The lowest BCUT2D eigenvalue weighted by atomic mass is 10.0. The Hall–Kier alpha value is -3.80. The molecule has 5 rings (SSSR count). The summed E-state index contributed by atoms with van der Waals surface area (Å²) < 4.78 is 5.91. The number of aromatic nitrogens is 2. The lowest BCUT2D eigenvalue weighted by molar-refractivity contribution is 0.0970. The minimum absolute atomic E-state index is 0.0441. The van der Waals surface area contributed by atoms with Crippen LogP contribution >= 0.6 is 0 Å². The number of hydrogen-bond donors (Lipinski definition) is 0. The highest BCUT2D eigenvalue weighted by molar-refractivity contribution is 6.10. The van der Waals surface area contributed by atoms with Crippen LogP contribution in [-0.4, -0.2) is 15.9 Å². The predicted octanol–water partition coefficient (Wildman–Crippen LogP) is 3.64. The second-order valence-corrected chi connectivity index (χ2v) is 6.69. The molecule has 0 aliphatic carbocycles. The summed E-state index contributed by atoms with van der Waals surface area (Å²) in [5, 5.41) is 0.454. The Bertz CT molecular complexity index is 1270. The molecule has 0 unspecified atom stereocenters. The van der Waals surface area contributed by atoms with Crippen LogP contribution in [0.15, 0.2) is 76.2 Å². The number of aryl methyl sites for hydroxylation is 1. The van der Waals surface area contributed by atoms with Crippen LogP contribution in [0.4, 0.5) is 5.82 Å². The first-order valence-electron chi connectivity index (χ1n) is 8.88. The molecule has 1 atom stereocenters. The van der Waals surface area contributed by atoms with Gasteiger partial charge in [-0.05, 0) is 43.3 Å². The van der Waals surface area contributed by atoms with Gasteiger partial charge in [0.15, 0.2) is 5.43 Å². The molecular weight excluding hydrogens is 354 g/mol. The van der Waals surface area contributed by atoms with E-state index in [4.69, 9.17) is 4.42 Å². The Morgan fingerprint density at radius 1 is 0.964 bits per heavy atom. The Balaban J connectivity index is 1.84. The van der Waals surface area contributed by atoms with Crippen LogP contribution in [0, 0.1) is 6.92 Å². The summed E-state index contributed by atoms with van der Waals surface area (Å²) in [6, 6.07) is 15.4. The molecule has 4 heterocycles. The Morgan fingerprint density at radius 2 is 1.75 bits per heavy atom. The van der Waals surface area contributed by atoms with Crippen LogP contribution in [0.25, 0.3) is 11.0 Å². The van der Waals surface area contributed by atoms with Crippen molar-refractivity contribution >= 4 is 22.7 Å². The van der Waals surface area contributed by atoms with E-state index in [1.54, 1.807) is 54.9 Å². The molecular formula is C22H15N3O3. The van der Waals surface area contributed by atoms with Gasteiger partial charge in [0.2, 0.25) is 5.76 Å². The summed E-state index contributed by atoms with van der Waals surface area (Å²) in [5.74, 6) is 0.0841. The molecule has 1 aliphatic rings. The van der Waals surface area contributed by atoms with E-state index < -0.39 is 11.9 Å². The molecule has 28 heavy (non-hydrogen) atoms. The third kappa shape index (κ3) is 2.35. The lowest BCUT2D eigenvalue weighted by Crippen LogP contribution is -2.30. The Morgan fingerprint density at radius 3 is 2.46 bits per heavy atom. The molecule has 3 aromatic heterocycles. The van der Waals surface area contributed by atoms with Gasteiger partial charge in [-0.1, -0.05) is 23.8 Å². The topological polar surface area (TPSA) is 76.3 Å². The van der Waals surface area contributed by atoms with Crippen LogP contribution in [-0.2, 0) is 0 Å². The van der Waals surface area contributed by atoms with Crippen molar-refractivity contribution in [3.63, 3.8) is 0 Å². The monoisotopic (exact) mass is 369 g/mol. The molecule has 0 spiro atoms. The molecule has 1 aliphatic heterocycles. The standard InChI is InChI=1S/C22H15N3O3/c1-13-8-9-16-14(12-13)20(26)18-19(15-6-2-4-10-23-15)25(22(27)21(18)28-16)17-7-3-5-11-24-17/h2-12,19H,1H3/t19-/m0/s1. The fourth-order valence-corrected chi connectivity index (χ4v) is 3.64. The highest BCUT2D eigenvalue weighted by Crippen LogP contribution is 2.39. The van der Waals surface area contributed by atoms with Gasteiger partial charge in [0, 0.05) is 12.4 Å². The number of anilines is 1.